The van der Waals surface area contributed by atoms with Gasteiger partial charge in [-0.15, -0.1) is 0 Å². The number of fused-ring (bicyclic) bond motifs is 1. The van der Waals surface area contributed by atoms with E-state index in [1.807, 2.05) is 30.5 Å². The van der Waals surface area contributed by atoms with Crippen molar-refractivity contribution in [3.63, 3.8) is 0 Å². The largest absolute Gasteiger partial charge is 0.497 e. The highest BCUT2D eigenvalue weighted by molar-refractivity contribution is 5.82. The van der Waals surface area contributed by atoms with Gasteiger partial charge in [-0.1, -0.05) is 6.07 Å². The normalized spacial score (nSPS) is 10.1. The molecule has 0 spiro atoms. The van der Waals surface area contributed by atoms with Crippen LogP contribution in [0.15, 0.2) is 30.5 Å². The predicted molar refractivity (Wildman–Crippen MR) is 53.6 cm³/mol. The van der Waals surface area contributed by atoms with Crippen LogP contribution < -0.4 is 14.5 Å². The van der Waals surface area contributed by atoms with E-state index in [0.29, 0.717) is 0 Å². The van der Waals surface area contributed by atoms with Gasteiger partial charge >= 0.3 is 5.88 Å². The van der Waals surface area contributed by atoms with E-state index in [2.05, 4.69) is 4.98 Å². The zero-order valence-corrected chi connectivity index (χ0v) is 8.20. The molecule has 0 aliphatic heterocycles. The summed E-state index contributed by atoms with van der Waals surface area (Å²) in [6.07, 6.45) is 1.90. The molecule has 3 heteroatoms. The minimum Gasteiger partial charge on any atom is -0.497 e. The average Bonchev–Trinajstić information content (AvgIpc) is 2.27. The molecule has 0 unspecified atom stereocenters. The van der Waals surface area contributed by atoms with Crippen LogP contribution in [0.2, 0.25) is 0 Å². The maximum Gasteiger partial charge on any atom is 0.366 e. The van der Waals surface area contributed by atoms with Gasteiger partial charge in [0.2, 0.25) is 0 Å². The van der Waals surface area contributed by atoms with Crippen LogP contribution in [0.4, 0.5) is 0 Å². The number of nitrogens with one attached hydrogen (secondary N) is 1. The van der Waals surface area contributed by atoms with Gasteiger partial charge in [0.25, 0.3) is 0 Å². The Hall–Kier alpha value is -1.77. The van der Waals surface area contributed by atoms with Gasteiger partial charge in [-0.2, -0.15) is 4.98 Å². The number of aromatic nitrogens is 1. The van der Waals surface area contributed by atoms with Crippen LogP contribution in [-0.2, 0) is 0 Å². The van der Waals surface area contributed by atoms with Crippen LogP contribution in [0, 0.1) is 0 Å². The van der Waals surface area contributed by atoms with Crippen molar-refractivity contribution in [3.8, 4) is 11.6 Å². The van der Waals surface area contributed by atoms with E-state index in [9.17, 15) is 0 Å². The summed E-state index contributed by atoms with van der Waals surface area (Å²) in [4.78, 5) is 3.03. The molecule has 0 aliphatic rings. The smallest absolute Gasteiger partial charge is 0.366 e. The number of ether oxygens (including phenoxy) is 2. The Kier molecular flexibility index (Phi) is 2.23. The highest BCUT2D eigenvalue weighted by atomic mass is 16.5. The first kappa shape index (κ1) is 8.81. The Morgan fingerprint density at radius 2 is 1.86 bits per heavy atom. The Labute approximate surface area is 82.3 Å². The van der Waals surface area contributed by atoms with Crippen molar-refractivity contribution in [3.05, 3.63) is 30.5 Å². The number of H-pyrrole nitrogens is 1. The Balaban J connectivity index is 2.57. The lowest BCUT2D eigenvalue weighted by Gasteiger charge is -2.00. The molecule has 3 nitrogen and oxygen atoms in total. The molecule has 2 rings (SSSR count). The van der Waals surface area contributed by atoms with Crippen molar-refractivity contribution in [1.82, 2.24) is 0 Å². The third kappa shape index (κ3) is 1.48. The van der Waals surface area contributed by atoms with Crippen LogP contribution in [0.3, 0.4) is 0 Å². The van der Waals surface area contributed by atoms with Gasteiger partial charge in [0.05, 0.1) is 20.3 Å². The minimum atomic E-state index is 0.752. The van der Waals surface area contributed by atoms with Gasteiger partial charge in [-0.25, -0.2) is 0 Å². The van der Waals surface area contributed by atoms with Crippen LogP contribution in [0.5, 0.6) is 11.6 Å². The highest BCUT2D eigenvalue weighted by Crippen LogP contribution is 2.20. The number of aromatic amines is 1. The van der Waals surface area contributed by atoms with E-state index in [-0.39, 0.29) is 0 Å². The van der Waals surface area contributed by atoms with E-state index in [0.717, 1.165) is 22.4 Å². The Bertz CT molecular complexity index is 411. The quantitative estimate of drug-likeness (QED) is 0.721. The number of rotatable bonds is 2. The highest BCUT2D eigenvalue weighted by Gasteiger charge is 2.03. The van der Waals surface area contributed by atoms with Crippen LogP contribution in [0.25, 0.3) is 10.8 Å². The second-order valence-electron chi connectivity index (χ2n) is 3.00. The number of methoxy groups -OCH3 is 2. The minimum absolute atomic E-state index is 0.752. The SMILES string of the molecule is COc1ccc2cc(OC)[nH+]cc2c1. The van der Waals surface area contributed by atoms with Crippen LogP contribution in [0.1, 0.15) is 0 Å². The van der Waals surface area contributed by atoms with E-state index in [1.165, 1.54) is 0 Å². The van der Waals surface area contributed by atoms with E-state index in [1.54, 1.807) is 14.2 Å². The van der Waals surface area contributed by atoms with Gasteiger partial charge in [-0.3, -0.25) is 0 Å². The van der Waals surface area contributed by atoms with Gasteiger partial charge in [0.15, 0.2) is 6.20 Å². The fourth-order valence-electron chi connectivity index (χ4n) is 1.39. The van der Waals surface area contributed by atoms with Crippen LogP contribution >= 0.6 is 0 Å². The number of benzene rings is 1. The summed E-state index contributed by atoms with van der Waals surface area (Å²) >= 11 is 0. The van der Waals surface area contributed by atoms with E-state index < -0.39 is 0 Å². The summed E-state index contributed by atoms with van der Waals surface area (Å²) in [7, 11) is 3.30. The van der Waals surface area contributed by atoms with Gasteiger partial charge in [-0.05, 0) is 17.5 Å². The van der Waals surface area contributed by atoms with Crippen molar-refractivity contribution in [2.24, 2.45) is 0 Å². The molecule has 0 bridgehead atoms. The summed E-state index contributed by atoms with van der Waals surface area (Å²) in [5.74, 6) is 1.61. The lowest BCUT2D eigenvalue weighted by molar-refractivity contribution is -0.390. The third-order valence-electron chi connectivity index (χ3n) is 2.17. The zero-order valence-electron chi connectivity index (χ0n) is 8.20. The molecule has 0 amide bonds. The summed E-state index contributed by atoms with van der Waals surface area (Å²) < 4.78 is 10.2. The Morgan fingerprint density at radius 1 is 1.00 bits per heavy atom. The summed E-state index contributed by atoms with van der Waals surface area (Å²) in [6, 6.07) is 7.87. The van der Waals surface area contributed by atoms with E-state index >= 15 is 0 Å². The third-order valence-corrected chi connectivity index (χ3v) is 2.17. The average molecular weight is 190 g/mol. The fourth-order valence-corrected chi connectivity index (χ4v) is 1.39. The maximum atomic E-state index is 5.13. The van der Waals surface area contributed by atoms with Crippen LogP contribution in [-0.4, -0.2) is 14.2 Å². The first-order valence-electron chi connectivity index (χ1n) is 4.37. The molecule has 1 aromatic carbocycles. The summed E-state index contributed by atoms with van der Waals surface area (Å²) in [5, 5.41) is 2.23. The standard InChI is InChI=1S/C11H11NO2/c1-13-10-4-3-8-6-11(14-2)12-7-9(8)5-10/h3-7H,1-2H3/p+1. The monoisotopic (exact) mass is 190 g/mol. The molecule has 1 N–H and O–H groups in total. The lowest BCUT2D eigenvalue weighted by Crippen LogP contribution is -2.05. The molecule has 0 radical (unpaired) electrons. The molecular weight excluding hydrogens is 178 g/mol. The molecule has 14 heavy (non-hydrogen) atoms. The number of hydrogen-bond donors (Lipinski definition) is 0. The fraction of sp³-hybridized carbons (Fsp3) is 0.182. The van der Waals surface area contributed by atoms with Crippen molar-refractivity contribution < 1.29 is 14.5 Å². The second kappa shape index (κ2) is 3.54. The van der Waals surface area contributed by atoms with Crippen molar-refractivity contribution in [2.45, 2.75) is 0 Å². The topological polar surface area (TPSA) is 32.6 Å². The second-order valence-corrected chi connectivity index (χ2v) is 3.00. The molecule has 0 aliphatic carbocycles. The predicted octanol–water partition coefficient (Wildman–Crippen LogP) is 1.67. The van der Waals surface area contributed by atoms with Gasteiger partial charge < -0.3 is 9.47 Å². The molecule has 1 heterocycles. The molecular formula is C11H12NO2+. The van der Waals surface area contributed by atoms with Crippen molar-refractivity contribution in [2.75, 3.05) is 14.2 Å². The number of pyridine rings is 1. The first-order valence-corrected chi connectivity index (χ1v) is 4.37. The lowest BCUT2D eigenvalue weighted by atomic mass is 10.2. The summed E-state index contributed by atoms with van der Waals surface area (Å²) in [6.45, 7) is 0. The van der Waals surface area contributed by atoms with Gasteiger partial charge in [0.1, 0.15) is 5.75 Å². The van der Waals surface area contributed by atoms with Crippen molar-refractivity contribution in [1.29, 1.82) is 0 Å². The first-order chi connectivity index (χ1) is 6.83. The molecule has 2 aromatic rings. The van der Waals surface area contributed by atoms with Crippen molar-refractivity contribution >= 4 is 10.8 Å². The van der Waals surface area contributed by atoms with E-state index in [4.69, 9.17) is 9.47 Å². The summed E-state index contributed by atoms with van der Waals surface area (Å²) in [5.41, 5.74) is 0. The molecule has 0 saturated heterocycles. The Morgan fingerprint density at radius 3 is 2.57 bits per heavy atom. The zero-order chi connectivity index (χ0) is 9.97. The molecule has 0 fully saturated rings. The van der Waals surface area contributed by atoms with Gasteiger partial charge in [0, 0.05) is 5.39 Å². The molecule has 0 atom stereocenters. The molecule has 1 aromatic heterocycles. The molecule has 72 valence electrons. The maximum absolute atomic E-state index is 5.13. The molecule has 0 saturated carbocycles. The number of hydrogen-bond acceptors (Lipinski definition) is 2.